The summed E-state index contributed by atoms with van der Waals surface area (Å²) < 4.78 is 8.77. The van der Waals surface area contributed by atoms with E-state index in [1.807, 2.05) is 28.8 Å². The van der Waals surface area contributed by atoms with Gasteiger partial charge in [0.25, 0.3) is 0 Å². The number of carbonyl (C=O) groups excluding carboxylic acids is 1. The van der Waals surface area contributed by atoms with Crippen LogP contribution in [-0.2, 0) is 22.6 Å². The van der Waals surface area contributed by atoms with Crippen molar-refractivity contribution >= 4 is 17.0 Å². The fourth-order valence-corrected chi connectivity index (χ4v) is 2.89. The first-order chi connectivity index (χ1) is 11.2. The summed E-state index contributed by atoms with van der Waals surface area (Å²) in [6, 6.07) is 7.89. The lowest BCUT2D eigenvalue weighted by molar-refractivity contribution is -0.143. The Bertz CT molecular complexity index is 700. The molecule has 126 valence electrons. The molecule has 1 aromatic carbocycles. The zero-order chi connectivity index (χ0) is 16.7. The fourth-order valence-electron chi connectivity index (χ4n) is 2.89. The van der Waals surface area contributed by atoms with Crippen LogP contribution in [-0.4, -0.2) is 21.7 Å². The number of benzene rings is 1. The van der Waals surface area contributed by atoms with E-state index in [1.54, 1.807) is 11.5 Å². The highest BCUT2D eigenvalue weighted by Gasteiger charge is 2.13. The Morgan fingerprint density at radius 2 is 1.70 bits per heavy atom. The summed E-state index contributed by atoms with van der Waals surface area (Å²) >= 11 is 0. The number of nitrogens with zero attached hydrogens (tertiary/aromatic N) is 2. The van der Waals surface area contributed by atoms with Crippen molar-refractivity contribution < 1.29 is 9.53 Å². The Balaban J connectivity index is 2.21. The van der Waals surface area contributed by atoms with Crippen molar-refractivity contribution in [2.75, 3.05) is 6.61 Å². The van der Waals surface area contributed by atoms with E-state index in [1.165, 1.54) is 25.7 Å². The van der Waals surface area contributed by atoms with E-state index in [0.717, 1.165) is 24.0 Å². The van der Waals surface area contributed by atoms with Gasteiger partial charge in [-0.1, -0.05) is 44.7 Å². The van der Waals surface area contributed by atoms with Crippen LogP contribution in [0, 0.1) is 5.41 Å². The highest BCUT2D eigenvalue weighted by molar-refractivity contribution is 5.78. The predicted molar refractivity (Wildman–Crippen MR) is 91.2 cm³/mol. The lowest BCUT2D eigenvalue weighted by atomic mass is 10.1. The number of carbonyl (C=O) groups is 1. The fraction of sp³-hybridized carbons (Fsp3) is 0.556. The van der Waals surface area contributed by atoms with Gasteiger partial charge >= 0.3 is 5.97 Å². The van der Waals surface area contributed by atoms with Gasteiger partial charge in [-0.2, -0.15) is 0 Å². The van der Waals surface area contributed by atoms with Crippen molar-refractivity contribution in [2.45, 2.75) is 59.0 Å². The summed E-state index contributed by atoms with van der Waals surface area (Å²) in [5.74, 6) is -0.295. The summed E-state index contributed by atoms with van der Waals surface area (Å²) in [6.07, 6.45) is 5.98. The lowest BCUT2D eigenvalue weighted by Gasteiger charge is -2.05. The molecule has 0 atom stereocenters. The molecule has 5 nitrogen and oxygen atoms in total. The van der Waals surface area contributed by atoms with Gasteiger partial charge in [-0.15, -0.1) is 0 Å². The van der Waals surface area contributed by atoms with E-state index in [2.05, 4.69) is 6.92 Å². The second-order valence-corrected chi connectivity index (χ2v) is 5.77. The van der Waals surface area contributed by atoms with Crippen LogP contribution in [0.25, 0.3) is 11.0 Å². The van der Waals surface area contributed by atoms with Gasteiger partial charge in [0, 0.05) is 6.54 Å². The van der Waals surface area contributed by atoms with Crippen LogP contribution in [0.1, 0.15) is 46.0 Å². The number of aryl methyl sites for hydroxylation is 1. The second kappa shape index (κ2) is 8.56. The topological polar surface area (TPSA) is 60.0 Å². The standard InChI is InChI=1S/C18H27N3O2/c1-3-5-6-7-10-13-20-15-11-8-9-12-16(15)21(18(20)19)14-17(22)23-4-2/h8-9,11-12,19H,3-7,10,13-14H2,1-2H3. The molecule has 0 aliphatic heterocycles. The third-order valence-electron chi connectivity index (χ3n) is 4.05. The summed E-state index contributed by atoms with van der Waals surface area (Å²) in [7, 11) is 0. The molecule has 0 spiro atoms. The number of aromatic nitrogens is 2. The minimum absolute atomic E-state index is 0.0933. The van der Waals surface area contributed by atoms with Gasteiger partial charge in [-0.25, -0.2) is 0 Å². The number of hydrogen-bond donors (Lipinski definition) is 1. The molecular formula is C18H27N3O2. The van der Waals surface area contributed by atoms with E-state index in [-0.39, 0.29) is 12.5 Å². The van der Waals surface area contributed by atoms with E-state index < -0.39 is 0 Å². The molecule has 1 aromatic heterocycles. The Kier molecular flexibility index (Phi) is 6.44. The maximum atomic E-state index is 11.8. The monoisotopic (exact) mass is 317 g/mol. The first-order valence-corrected chi connectivity index (χ1v) is 8.57. The number of para-hydroxylation sites is 2. The van der Waals surface area contributed by atoms with Gasteiger partial charge in [0.1, 0.15) is 6.54 Å². The molecule has 0 amide bonds. The number of hydrogen-bond acceptors (Lipinski definition) is 3. The molecule has 2 aromatic rings. The van der Waals surface area contributed by atoms with Gasteiger partial charge in [-0.05, 0) is 25.5 Å². The normalized spacial score (nSPS) is 11.0. The van der Waals surface area contributed by atoms with Crippen LogP contribution >= 0.6 is 0 Å². The van der Waals surface area contributed by atoms with E-state index in [4.69, 9.17) is 10.1 Å². The molecule has 23 heavy (non-hydrogen) atoms. The minimum Gasteiger partial charge on any atom is -0.465 e. The van der Waals surface area contributed by atoms with Crippen molar-refractivity contribution in [3.05, 3.63) is 29.9 Å². The van der Waals surface area contributed by atoms with E-state index in [0.29, 0.717) is 12.2 Å². The molecule has 0 fully saturated rings. The molecule has 5 heteroatoms. The van der Waals surface area contributed by atoms with E-state index >= 15 is 0 Å². The van der Waals surface area contributed by atoms with Crippen molar-refractivity contribution in [1.29, 1.82) is 5.41 Å². The van der Waals surface area contributed by atoms with Crippen LogP contribution in [0.5, 0.6) is 0 Å². The molecular weight excluding hydrogens is 290 g/mol. The second-order valence-electron chi connectivity index (χ2n) is 5.77. The Labute approximate surface area is 137 Å². The summed E-state index contributed by atoms with van der Waals surface area (Å²) in [6.45, 7) is 5.28. The molecule has 0 aliphatic carbocycles. The first-order valence-electron chi connectivity index (χ1n) is 8.57. The maximum Gasteiger partial charge on any atom is 0.326 e. The highest BCUT2D eigenvalue weighted by Crippen LogP contribution is 2.14. The molecule has 0 saturated heterocycles. The predicted octanol–water partition coefficient (Wildman–Crippen LogP) is 3.46. The van der Waals surface area contributed by atoms with Crippen molar-refractivity contribution in [3.8, 4) is 0 Å². The number of fused-ring (bicyclic) bond motifs is 1. The molecule has 2 rings (SSSR count). The average Bonchev–Trinajstić information content (AvgIpc) is 2.80. The average molecular weight is 317 g/mol. The van der Waals surface area contributed by atoms with E-state index in [9.17, 15) is 4.79 Å². The van der Waals surface area contributed by atoms with Gasteiger partial charge in [-0.3, -0.25) is 14.8 Å². The van der Waals surface area contributed by atoms with Gasteiger partial charge < -0.3 is 9.30 Å². The molecule has 1 N–H and O–H groups in total. The Hall–Kier alpha value is -2.04. The molecule has 0 radical (unpaired) electrons. The number of rotatable bonds is 9. The largest absolute Gasteiger partial charge is 0.465 e. The summed E-state index contributed by atoms with van der Waals surface area (Å²) in [4.78, 5) is 11.8. The van der Waals surface area contributed by atoms with Gasteiger partial charge in [0.2, 0.25) is 5.62 Å². The Morgan fingerprint density at radius 3 is 2.35 bits per heavy atom. The van der Waals surface area contributed by atoms with Crippen LogP contribution in [0.4, 0.5) is 0 Å². The third-order valence-corrected chi connectivity index (χ3v) is 4.05. The van der Waals surface area contributed by atoms with Gasteiger partial charge in [0.15, 0.2) is 0 Å². The first kappa shape index (κ1) is 17.3. The minimum atomic E-state index is -0.295. The Morgan fingerprint density at radius 1 is 1.04 bits per heavy atom. The van der Waals surface area contributed by atoms with Crippen LogP contribution in [0.2, 0.25) is 0 Å². The van der Waals surface area contributed by atoms with Crippen LogP contribution < -0.4 is 5.62 Å². The summed E-state index contributed by atoms with van der Waals surface area (Å²) in [5.41, 5.74) is 2.30. The number of esters is 1. The lowest BCUT2D eigenvalue weighted by Crippen LogP contribution is -2.28. The van der Waals surface area contributed by atoms with Crippen LogP contribution in [0.15, 0.2) is 24.3 Å². The molecule has 0 aliphatic rings. The number of imidazole rings is 1. The molecule has 0 unspecified atom stereocenters. The smallest absolute Gasteiger partial charge is 0.326 e. The molecule has 0 bridgehead atoms. The van der Waals surface area contributed by atoms with Crippen molar-refractivity contribution in [3.63, 3.8) is 0 Å². The molecule has 1 heterocycles. The number of ether oxygens (including phenoxy) is 1. The maximum absolute atomic E-state index is 11.8. The quantitative estimate of drug-likeness (QED) is 0.569. The van der Waals surface area contributed by atoms with Crippen molar-refractivity contribution in [2.24, 2.45) is 0 Å². The SMILES string of the molecule is CCCCCCCn1c(=N)n(CC(=O)OCC)c2ccccc21. The number of nitrogens with one attached hydrogen (secondary N) is 1. The van der Waals surface area contributed by atoms with Crippen LogP contribution in [0.3, 0.4) is 0 Å². The zero-order valence-electron chi connectivity index (χ0n) is 14.2. The van der Waals surface area contributed by atoms with Gasteiger partial charge in [0.05, 0.1) is 17.6 Å². The summed E-state index contributed by atoms with van der Waals surface area (Å²) in [5, 5.41) is 8.44. The third kappa shape index (κ3) is 4.24. The zero-order valence-corrected chi connectivity index (χ0v) is 14.2. The highest BCUT2D eigenvalue weighted by atomic mass is 16.5. The molecule has 0 saturated carbocycles. The van der Waals surface area contributed by atoms with Crippen molar-refractivity contribution in [1.82, 2.24) is 9.13 Å². The number of unbranched alkanes of at least 4 members (excludes halogenated alkanes) is 4.